The first kappa shape index (κ1) is 15.0. The van der Waals surface area contributed by atoms with Crippen LogP contribution in [-0.2, 0) is 19.9 Å². The molecule has 1 aliphatic heterocycles. The molecule has 0 saturated heterocycles. The van der Waals surface area contributed by atoms with Crippen molar-refractivity contribution in [3.8, 4) is 11.3 Å². The van der Waals surface area contributed by atoms with Gasteiger partial charge in [-0.05, 0) is 49.9 Å². The molecule has 0 atom stereocenters. The largest absolute Gasteiger partial charge is 0.300 e. The molecule has 0 bridgehead atoms. The van der Waals surface area contributed by atoms with Crippen LogP contribution in [0.3, 0.4) is 0 Å². The second-order valence-corrected chi connectivity index (χ2v) is 6.29. The number of rotatable bonds is 2. The fourth-order valence-corrected chi connectivity index (χ4v) is 3.07. The van der Waals surface area contributed by atoms with E-state index < -0.39 is 0 Å². The van der Waals surface area contributed by atoms with E-state index >= 15 is 0 Å². The van der Waals surface area contributed by atoms with Crippen LogP contribution in [0.15, 0.2) is 35.1 Å². The summed E-state index contributed by atoms with van der Waals surface area (Å²) in [5.74, 6) is 0. The number of aryl methyl sites for hydroxylation is 1. The van der Waals surface area contributed by atoms with Crippen molar-refractivity contribution in [2.24, 2.45) is 7.05 Å². The van der Waals surface area contributed by atoms with Gasteiger partial charge in [-0.1, -0.05) is 12.1 Å². The lowest BCUT2D eigenvalue weighted by Crippen LogP contribution is -2.32. The van der Waals surface area contributed by atoms with Crippen LogP contribution < -0.4 is 5.56 Å². The highest BCUT2D eigenvalue weighted by Crippen LogP contribution is 2.23. The zero-order valence-corrected chi connectivity index (χ0v) is 13.5. The highest BCUT2D eigenvalue weighted by Gasteiger charge is 2.16. The minimum absolute atomic E-state index is 0.0777. The van der Waals surface area contributed by atoms with Crippen LogP contribution in [0.25, 0.3) is 11.3 Å². The first-order valence-corrected chi connectivity index (χ1v) is 7.95. The third-order valence-corrected chi connectivity index (χ3v) is 4.53. The van der Waals surface area contributed by atoms with E-state index in [1.807, 2.05) is 0 Å². The van der Waals surface area contributed by atoms with E-state index in [1.54, 1.807) is 19.2 Å². The van der Waals surface area contributed by atoms with Gasteiger partial charge < -0.3 is 4.90 Å². The summed E-state index contributed by atoms with van der Waals surface area (Å²) in [6.45, 7) is 6.75. The van der Waals surface area contributed by atoms with Crippen LogP contribution in [0.1, 0.15) is 25.0 Å². The summed E-state index contributed by atoms with van der Waals surface area (Å²) in [6.07, 6.45) is 2.18. The van der Waals surface area contributed by atoms with Crippen molar-refractivity contribution in [2.75, 3.05) is 13.1 Å². The lowest BCUT2D eigenvalue weighted by Gasteiger charge is -2.23. The van der Waals surface area contributed by atoms with Gasteiger partial charge in [-0.3, -0.25) is 4.79 Å². The molecule has 1 aromatic carbocycles. The topological polar surface area (TPSA) is 38.1 Å². The molecule has 0 fully saturated rings. The Morgan fingerprint density at radius 1 is 1.05 bits per heavy atom. The fourth-order valence-electron chi connectivity index (χ4n) is 3.07. The number of aromatic nitrogens is 2. The van der Waals surface area contributed by atoms with Crippen LogP contribution in [0.2, 0.25) is 0 Å². The van der Waals surface area contributed by atoms with Crippen molar-refractivity contribution >= 4 is 0 Å². The van der Waals surface area contributed by atoms with Gasteiger partial charge in [-0.2, -0.15) is 5.10 Å². The normalized spacial score (nSPS) is 15.6. The lowest BCUT2D eigenvalue weighted by molar-refractivity contribution is 0.233. The molecule has 0 aliphatic carbocycles. The summed E-state index contributed by atoms with van der Waals surface area (Å²) in [4.78, 5) is 14.0. The summed E-state index contributed by atoms with van der Waals surface area (Å²) in [5.41, 5.74) is 4.72. The van der Waals surface area contributed by atoms with Gasteiger partial charge in [0.2, 0.25) is 0 Å². The smallest absolute Gasteiger partial charge is 0.266 e. The van der Waals surface area contributed by atoms with Crippen LogP contribution in [0, 0.1) is 0 Å². The summed E-state index contributed by atoms with van der Waals surface area (Å²) in [7, 11) is 1.69. The Balaban J connectivity index is 1.91. The van der Waals surface area contributed by atoms with E-state index in [9.17, 15) is 4.79 Å². The Bertz CT molecular complexity index is 733. The predicted octanol–water partition coefficient (Wildman–Crippen LogP) is 2.26. The van der Waals surface area contributed by atoms with Gasteiger partial charge in [0.1, 0.15) is 0 Å². The van der Waals surface area contributed by atoms with Gasteiger partial charge in [0.15, 0.2) is 0 Å². The van der Waals surface area contributed by atoms with Gasteiger partial charge in [-0.15, -0.1) is 0 Å². The van der Waals surface area contributed by atoms with E-state index in [0.717, 1.165) is 37.2 Å². The van der Waals surface area contributed by atoms with Crippen LogP contribution >= 0.6 is 0 Å². The molecule has 2 heterocycles. The van der Waals surface area contributed by atoms with Crippen molar-refractivity contribution in [1.82, 2.24) is 14.7 Å². The maximum Gasteiger partial charge on any atom is 0.266 e. The van der Waals surface area contributed by atoms with Crippen LogP contribution in [0.5, 0.6) is 0 Å². The average molecular weight is 297 g/mol. The zero-order chi connectivity index (χ0) is 15.7. The summed E-state index contributed by atoms with van der Waals surface area (Å²) in [6, 6.07) is 10.6. The predicted molar refractivity (Wildman–Crippen MR) is 89.0 cm³/mol. The van der Waals surface area contributed by atoms with E-state index in [0.29, 0.717) is 6.04 Å². The van der Waals surface area contributed by atoms with Gasteiger partial charge in [0.25, 0.3) is 5.56 Å². The Labute approximate surface area is 131 Å². The van der Waals surface area contributed by atoms with E-state index in [2.05, 4.69) is 42.0 Å². The molecule has 1 aromatic heterocycles. The van der Waals surface area contributed by atoms with Crippen LogP contribution in [0.4, 0.5) is 0 Å². The monoisotopic (exact) mass is 297 g/mol. The van der Waals surface area contributed by atoms with E-state index in [1.165, 1.54) is 15.8 Å². The molecule has 0 saturated carbocycles. The molecule has 4 heteroatoms. The summed E-state index contributed by atoms with van der Waals surface area (Å²) >= 11 is 0. The second-order valence-electron chi connectivity index (χ2n) is 6.29. The van der Waals surface area contributed by atoms with Crippen molar-refractivity contribution in [3.05, 3.63) is 51.8 Å². The van der Waals surface area contributed by atoms with Gasteiger partial charge in [0.05, 0.1) is 5.69 Å². The van der Waals surface area contributed by atoms with E-state index in [-0.39, 0.29) is 5.56 Å². The summed E-state index contributed by atoms with van der Waals surface area (Å²) in [5, 5.41) is 4.35. The molecular weight excluding hydrogens is 274 g/mol. The molecule has 4 nitrogen and oxygen atoms in total. The molecule has 0 spiro atoms. The molecule has 1 aliphatic rings. The number of hydrogen-bond donors (Lipinski definition) is 0. The molecule has 22 heavy (non-hydrogen) atoms. The van der Waals surface area contributed by atoms with Crippen molar-refractivity contribution in [1.29, 1.82) is 0 Å². The molecule has 0 amide bonds. The minimum atomic E-state index is -0.0777. The molecule has 2 aromatic rings. The maximum absolute atomic E-state index is 11.5. The van der Waals surface area contributed by atoms with Gasteiger partial charge in [-0.25, -0.2) is 4.68 Å². The standard InChI is InChI=1S/C18H23N3O/c1-13(2)21-10-8-14-4-5-16(12-15(14)9-11-21)17-6-7-18(22)20(3)19-17/h4-7,12-13H,8-11H2,1-3H3. The highest BCUT2D eigenvalue weighted by atomic mass is 16.1. The van der Waals surface area contributed by atoms with Gasteiger partial charge >= 0.3 is 0 Å². The third kappa shape index (κ3) is 2.97. The summed E-state index contributed by atoms with van der Waals surface area (Å²) < 4.78 is 1.39. The SMILES string of the molecule is CC(C)N1CCc2ccc(-c3ccc(=O)n(C)n3)cc2CC1. The highest BCUT2D eigenvalue weighted by molar-refractivity contribution is 5.60. The Kier molecular flexibility index (Phi) is 4.12. The average Bonchev–Trinajstić information content (AvgIpc) is 2.72. The molecule has 0 radical (unpaired) electrons. The first-order valence-electron chi connectivity index (χ1n) is 7.95. The molecule has 116 valence electrons. The minimum Gasteiger partial charge on any atom is -0.300 e. The first-order chi connectivity index (χ1) is 10.5. The Morgan fingerprint density at radius 3 is 2.45 bits per heavy atom. The number of hydrogen-bond acceptors (Lipinski definition) is 3. The zero-order valence-electron chi connectivity index (χ0n) is 13.5. The van der Waals surface area contributed by atoms with Crippen molar-refractivity contribution < 1.29 is 0 Å². The molecular formula is C18H23N3O. The Hall–Kier alpha value is -1.94. The van der Waals surface area contributed by atoms with Crippen LogP contribution in [-0.4, -0.2) is 33.8 Å². The number of fused-ring (bicyclic) bond motifs is 1. The number of benzene rings is 1. The van der Waals surface area contributed by atoms with Gasteiger partial charge in [0, 0.05) is 37.8 Å². The lowest BCUT2D eigenvalue weighted by atomic mass is 9.99. The molecule has 0 unspecified atom stereocenters. The fraction of sp³-hybridized carbons (Fsp3) is 0.444. The molecule has 0 N–H and O–H groups in total. The molecule has 3 rings (SSSR count). The number of nitrogens with zero attached hydrogens (tertiary/aromatic N) is 3. The second kappa shape index (κ2) is 6.05. The Morgan fingerprint density at radius 2 is 1.77 bits per heavy atom. The maximum atomic E-state index is 11.5. The quantitative estimate of drug-likeness (QED) is 0.853. The van der Waals surface area contributed by atoms with Crippen molar-refractivity contribution in [3.63, 3.8) is 0 Å². The van der Waals surface area contributed by atoms with E-state index in [4.69, 9.17) is 0 Å². The van der Waals surface area contributed by atoms with Crippen molar-refractivity contribution in [2.45, 2.75) is 32.7 Å². The third-order valence-electron chi connectivity index (χ3n) is 4.53.